The highest BCUT2D eigenvalue weighted by molar-refractivity contribution is 6.12. The molecule has 36 heavy (non-hydrogen) atoms. The lowest BCUT2D eigenvalue weighted by Crippen LogP contribution is -2.05. The molecule has 1 heterocycles. The van der Waals surface area contributed by atoms with Gasteiger partial charge in [0.05, 0.1) is 11.5 Å². The summed E-state index contributed by atoms with van der Waals surface area (Å²) in [6.07, 6.45) is 1.63. The molecule has 0 bridgehead atoms. The molecule has 8 heteroatoms. The summed E-state index contributed by atoms with van der Waals surface area (Å²) in [6, 6.07) is 19.3. The van der Waals surface area contributed by atoms with E-state index in [9.17, 15) is 14.9 Å². The Morgan fingerprint density at radius 2 is 1.81 bits per heavy atom. The molecular weight excluding hydrogens is 460 g/mol. The first-order chi connectivity index (χ1) is 17.3. The summed E-state index contributed by atoms with van der Waals surface area (Å²) in [5, 5.41) is 11.0. The third-order valence-electron chi connectivity index (χ3n) is 5.53. The standard InChI is InChI=1S/C28H26N2O6/c1-4-34-26-16-19(8-13-25(26)35-17-20-6-5-7-23(14-20)30(32)33)15-24-28(31)36-27(29-24)22-11-9-21(10-12-22)18(2)3/h5-16,18H,4,17H2,1-3H3/b24-15-. The van der Waals surface area contributed by atoms with Crippen LogP contribution in [0.25, 0.3) is 6.08 Å². The Bertz CT molecular complexity index is 1340. The molecule has 184 valence electrons. The summed E-state index contributed by atoms with van der Waals surface area (Å²) in [6.45, 7) is 6.62. The number of rotatable bonds is 9. The minimum Gasteiger partial charge on any atom is -0.490 e. The van der Waals surface area contributed by atoms with Gasteiger partial charge in [0.2, 0.25) is 5.90 Å². The van der Waals surface area contributed by atoms with Gasteiger partial charge in [-0.05, 0) is 59.9 Å². The number of benzene rings is 3. The monoisotopic (exact) mass is 486 g/mol. The van der Waals surface area contributed by atoms with E-state index < -0.39 is 10.9 Å². The SMILES string of the molecule is CCOc1cc(/C=C2\N=C(c3ccc(C(C)C)cc3)OC2=O)ccc1OCc1cccc([N+](=O)[O-])c1. The van der Waals surface area contributed by atoms with Crippen molar-refractivity contribution in [3.63, 3.8) is 0 Å². The van der Waals surface area contributed by atoms with Gasteiger partial charge in [0.15, 0.2) is 17.2 Å². The summed E-state index contributed by atoms with van der Waals surface area (Å²) in [4.78, 5) is 27.4. The number of ether oxygens (including phenoxy) is 3. The second-order valence-electron chi connectivity index (χ2n) is 8.47. The van der Waals surface area contributed by atoms with Crippen LogP contribution in [0.3, 0.4) is 0 Å². The number of nitro benzene ring substituents is 1. The fourth-order valence-electron chi connectivity index (χ4n) is 3.62. The minimum absolute atomic E-state index is 0.00217. The summed E-state index contributed by atoms with van der Waals surface area (Å²) >= 11 is 0. The lowest BCUT2D eigenvalue weighted by atomic mass is 10.0. The van der Waals surface area contributed by atoms with E-state index in [1.807, 2.05) is 31.2 Å². The summed E-state index contributed by atoms with van der Waals surface area (Å²) in [7, 11) is 0. The van der Waals surface area contributed by atoms with Crippen LogP contribution in [-0.2, 0) is 16.1 Å². The molecule has 1 aliphatic rings. The van der Waals surface area contributed by atoms with Gasteiger partial charge in [0.25, 0.3) is 5.69 Å². The highest BCUT2D eigenvalue weighted by atomic mass is 16.6. The van der Waals surface area contributed by atoms with E-state index in [-0.39, 0.29) is 23.9 Å². The van der Waals surface area contributed by atoms with Crippen molar-refractivity contribution in [3.05, 3.63) is 105 Å². The lowest BCUT2D eigenvalue weighted by Gasteiger charge is -2.13. The van der Waals surface area contributed by atoms with Gasteiger partial charge in [0.1, 0.15) is 6.61 Å². The van der Waals surface area contributed by atoms with Crippen LogP contribution in [-0.4, -0.2) is 23.4 Å². The number of carbonyl (C=O) groups is 1. The van der Waals surface area contributed by atoms with Gasteiger partial charge in [-0.15, -0.1) is 0 Å². The molecule has 0 spiro atoms. The summed E-state index contributed by atoms with van der Waals surface area (Å²) in [5.41, 5.74) is 3.46. The van der Waals surface area contributed by atoms with Gasteiger partial charge < -0.3 is 14.2 Å². The molecular formula is C28H26N2O6. The van der Waals surface area contributed by atoms with E-state index in [1.54, 1.807) is 36.4 Å². The Hall–Kier alpha value is -4.46. The Labute approximate surface area is 209 Å². The maximum absolute atomic E-state index is 12.4. The molecule has 0 atom stereocenters. The van der Waals surface area contributed by atoms with Crippen LogP contribution in [0.1, 0.15) is 48.9 Å². The van der Waals surface area contributed by atoms with Gasteiger partial charge in [0, 0.05) is 17.7 Å². The normalized spacial score (nSPS) is 14.1. The van der Waals surface area contributed by atoms with Crippen molar-refractivity contribution in [2.45, 2.75) is 33.3 Å². The van der Waals surface area contributed by atoms with Crippen LogP contribution >= 0.6 is 0 Å². The molecule has 0 fully saturated rings. The molecule has 0 radical (unpaired) electrons. The molecule has 0 amide bonds. The predicted octanol–water partition coefficient (Wildman–Crippen LogP) is 6.04. The Kier molecular flexibility index (Phi) is 7.44. The quantitative estimate of drug-likeness (QED) is 0.158. The highest BCUT2D eigenvalue weighted by Crippen LogP contribution is 2.31. The van der Waals surface area contributed by atoms with Gasteiger partial charge in [-0.25, -0.2) is 9.79 Å². The third-order valence-corrected chi connectivity index (χ3v) is 5.53. The molecule has 0 aliphatic carbocycles. The van der Waals surface area contributed by atoms with Crippen LogP contribution < -0.4 is 9.47 Å². The molecule has 8 nitrogen and oxygen atoms in total. The van der Waals surface area contributed by atoms with E-state index in [2.05, 4.69) is 18.8 Å². The van der Waals surface area contributed by atoms with Crippen molar-refractivity contribution in [1.82, 2.24) is 0 Å². The zero-order valence-corrected chi connectivity index (χ0v) is 20.3. The minimum atomic E-state index is -0.526. The van der Waals surface area contributed by atoms with Crippen LogP contribution in [0.15, 0.2) is 77.4 Å². The zero-order valence-electron chi connectivity index (χ0n) is 20.3. The first-order valence-electron chi connectivity index (χ1n) is 11.6. The van der Waals surface area contributed by atoms with Crippen molar-refractivity contribution in [3.8, 4) is 11.5 Å². The summed E-state index contributed by atoms with van der Waals surface area (Å²) < 4.78 is 17.0. The fraction of sp³-hybridized carbons (Fsp3) is 0.214. The molecule has 1 aliphatic heterocycles. The predicted molar refractivity (Wildman–Crippen MR) is 136 cm³/mol. The van der Waals surface area contributed by atoms with Crippen molar-refractivity contribution in [2.75, 3.05) is 6.61 Å². The molecule has 0 aromatic heterocycles. The van der Waals surface area contributed by atoms with Crippen molar-refractivity contribution >= 4 is 23.6 Å². The maximum Gasteiger partial charge on any atom is 0.363 e. The second-order valence-corrected chi connectivity index (χ2v) is 8.47. The molecule has 0 N–H and O–H groups in total. The number of cyclic esters (lactones) is 1. The Morgan fingerprint density at radius 1 is 1.03 bits per heavy atom. The number of esters is 1. The third kappa shape index (κ3) is 5.78. The van der Waals surface area contributed by atoms with Crippen molar-refractivity contribution < 1.29 is 23.9 Å². The number of nitrogens with zero attached hydrogens (tertiary/aromatic N) is 2. The van der Waals surface area contributed by atoms with Gasteiger partial charge >= 0.3 is 5.97 Å². The average Bonchev–Trinajstić information content (AvgIpc) is 3.24. The zero-order chi connectivity index (χ0) is 25.7. The summed E-state index contributed by atoms with van der Waals surface area (Å²) in [5.74, 6) is 1.11. The molecule has 0 saturated carbocycles. The van der Waals surface area contributed by atoms with E-state index in [0.29, 0.717) is 35.2 Å². The van der Waals surface area contributed by atoms with E-state index in [1.165, 1.54) is 17.7 Å². The molecule has 0 unspecified atom stereocenters. The van der Waals surface area contributed by atoms with Crippen LogP contribution in [0.4, 0.5) is 5.69 Å². The molecule has 3 aromatic carbocycles. The van der Waals surface area contributed by atoms with Crippen molar-refractivity contribution in [1.29, 1.82) is 0 Å². The maximum atomic E-state index is 12.4. The number of hydrogen-bond donors (Lipinski definition) is 0. The van der Waals surface area contributed by atoms with Gasteiger partial charge in [-0.3, -0.25) is 10.1 Å². The molecule has 0 saturated heterocycles. The number of non-ortho nitro benzene ring substituents is 1. The van der Waals surface area contributed by atoms with Crippen LogP contribution in [0, 0.1) is 10.1 Å². The average molecular weight is 487 g/mol. The van der Waals surface area contributed by atoms with Gasteiger partial charge in [-0.1, -0.05) is 44.2 Å². The molecule has 4 rings (SSSR count). The molecule has 3 aromatic rings. The van der Waals surface area contributed by atoms with Crippen LogP contribution in [0.5, 0.6) is 11.5 Å². The second kappa shape index (κ2) is 10.9. The smallest absolute Gasteiger partial charge is 0.363 e. The number of nitro groups is 1. The lowest BCUT2D eigenvalue weighted by molar-refractivity contribution is -0.384. The largest absolute Gasteiger partial charge is 0.490 e. The Morgan fingerprint density at radius 3 is 2.50 bits per heavy atom. The number of hydrogen-bond acceptors (Lipinski definition) is 7. The van der Waals surface area contributed by atoms with Crippen molar-refractivity contribution in [2.24, 2.45) is 4.99 Å². The van der Waals surface area contributed by atoms with Gasteiger partial charge in [-0.2, -0.15) is 0 Å². The number of carbonyl (C=O) groups excluding carboxylic acids is 1. The van der Waals surface area contributed by atoms with E-state index in [4.69, 9.17) is 14.2 Å². The number of aliphatic imine (C=N–C) groups is 1. The first-order valence-corrected chi connectivity index (χ1v) is 11.6. The highest BCUT2D eigenvalue weighted by Gasteiger charge is 2.24. The topological polar surface area (TPSA) is 100 Å². The fourth-order valence-corrected chi connectivity index (χ4v) is 3.62. The first kappa shape index (κ1) is 24.7. The Balaban J connectivity index is 1.53. The van der Waals surface area contributed by atoms with E-state index >= 15 is 0 Å². The van der Waals surface area contributed by atoms with E-state index in [0.717, 1.165) is 5.56 Å². The van der Waals surface area contributed by atoms with Crippen LogP contribution in [0.2, 0.25) is 0 Å².